The smallest absolute Gasteiger partial charge is 0.258 e. The van der Waals surface area contributed by atoms with Gasteiger partial charge in [-0.05, 0) is 31.4 Å². The molecule has 8 nitrogen and oxygen atoms in total. The van der Waals surface area contributed by atoms with Crippen LogP contribution in [0.2, 0.25) is 0 Å². The topological polar surface area (TPSA) is 110 Å². The van der Waals surface area contributed by atoms with Crippen LogP contribution in [0.4, 0.5) is 0 Å². The first-order chi connectivity index (χ1) is 13.1. The largest absolute Gasteiger partial charge is 0.484 e. The summed E-state index contributed by atoms with van der Waals surface area (Å²) in [5.74, 6) is 0.603. The average molecular weight is 372 g/mol. The molecule has 1 heterocycles. The van der Waals surface area contributed by atoms with Crippen LogP contribution in [-0.2, 0) is 11.3 Å². The fourth-order valence-corrected chi connectivity index (χ4v) is 3.57. The number of carbonyl (C=O) groups excluding carboxylic acids is 1. The van der Waals surface area contributed by atoms with Gasteiger partial charge in [0.15, 0.2) is 6.61 Å². The van der Waals surface area contributed by atoms with Crippen molar-refractivity contribution in [3.8, 4) is 5.75 Å². The monoisotopic (exact) mass is 372 g/mol. The SMILES string of the molecule is O=C(COc1ccccc1)N[C@@H]1C[C@H](Cn2cc(C3CC3)nn2)[C@@H](O)[C@H]1O. The fourth-order valence-electron chi connectivity index (χ4n) is 3.57. The van der Waals surface area contributed by atoms with Gasteiger partial charge < -0.3 is 20.3 Å². The maximum Gasteiger partial charge on any atom is 0.258 e. The Hall–Kier alpha value is -2.45. The van der Waals surface area contributed by atoms with Gasteiger partial charge >= 0.3 is 0 Å². The normalized spacial score (nSPS) is 27.5. The molecule has 0 radical (unpaired) electrons. The van der Waals surface area contributed by atoms with E-state index in [0.717, 1.165) is 18.5 Å². The molecule has 1 amide bonds. The van der Waals surface area contributed by atoms with E-state index < -0.39 is 18.2 Å². The van der Waals surface area contributed by atoms with Crippen LogP contribution < -0.4 is 10.1 Å². The molecule has 0 aliphatic heterocycles. The van der Waals surface area contributed by atoms with Gasteiger partial charge in [-0.1, -0.05) is 23.4 Å². The molecule has 2 aromatic rings. The van der Waals surface area contributed by atoms with Crippen molar-refractivity contribution < 1.29 is 19.7 Å². The number of benzene rings is 1. The molecule has 2 saturated carbocycles. The van der Waals surface area contributed by atoms with Gasteiger partial charge in [-0.25, -0.2) is 0 Å². The first kappa shape index (κ1) is 17.9. The summed E-state index contributed by atoms with van der Waals surface area (Å²) in [6.45, 7) is 0.326. The van der Waals surface area contributed by atoms with Gasteiger partial charge in [-0.2, -0.15) is 0 Å². The molecule has 0 bridgehead atoms. The van der Waals surface area contributed by atoms with Gasteiger partial charge in [0.2, 0.25) is 0 Å². The molecule has 4 rings (SSSR count). The van der Waals surface area contributed by atoms with Crippen LogP contribution in [0.5, 0.6) is 5.75 Å². The summed E-state index contributed by atoms with van der Waals surface area (Å²) in [4.78, 5) is 12.1. The minimum Gasteiger partial charge on any atom is -0.484 e. The number of aromatic nitrogens is 3. The lowest BCUT2D eigenvalue weighted by atomic mass is 10.1. The number of aliphatic hydroxyl groups is 2. The maximum absolute atomic E-state index is 12.1. The van der Waals surface area contributed by atoms with Crippen LogP contribution in [0.25, 0.3) is 0 Å². The highest BCUT2D eigenvalue weighted by molar-refractivity contribution is 5.78. The van der Waals surface area contributed by atoms with Crippen molar-refractivity contribution in [2.75, 3.05) is 6.61 Å². The van der Waals surface area contributed by atoms with Crippen molar-refractivity contribution in [1.29, 1.82) is 0 Å². The molecule has 0 unspecified atom stereocenters. The summed E-state index contributed by atoms with van der Waals surface area (Å²) in [6, 6.07) is 8.55. The zero-order valence-electron chi connectivity index (χ0n) is 14.9. The molecule has 0 spiro atoms. The Morgan fingerprint density at radius 2 is 2.00 bits per heavy atom. The highest BCUT2D eigenvalue weighted by Crippen LogP contribution is 2.38. The first-order valence-electron chi connectivity index (χ1n) is 9.33. The third kappa shape index (κ3) is 4.28. The van der Waals surface area contributed by atoms with Crippen molar-refractivity contribution in [1.82, 2.24) is 20.3 Å². The summed E-state index contributed by atoms with van der Waals surface area (Å²) in [6.07, 6.45) is 2.76. The number of rotatable bonds is 7. The van der Waals surface area contributed by atoms with E-state index in [4.69, 9.17) is 4.74 Å². The number of nitrogens with zero attached hydrogens (tertiary/aromatic N) is 3. The number of ether oxygens (including phenoxy) is 1. The zero-order valence-corrected chi connectivity index (χ0v) is 14.9. The van der Waals surface area contributed by atoms with Crippen molar-refractivity contribution in [2.24, 2.45) is 5.92 Å². The van der Waals surface area contributed by atoms with Crippen molar-refractivity contribution in [3.05, 3.63) is 42.2 Å². The highest BCUT2D eigenvalue weighted by atomic mass is 16.5. The lowest BCUT2D eigenvalue weighted by Gasteiger charge is -2.18. The number of hydrogen-bond acceptors (Lipinski definition) is 6. The van der Waals surface area contributed by atoms with Crippen LogP contribution in [0.15, 0.2) is 36.5 Å². The summed E-state index contributed by atoms with van der Waals surface area (Å²) in [5.41, 5.74) is 0.992. The minimum absolute atomic E-state index is 0.137. The molecule has 4 atom stereocenters. The summed E-state index contributed by atoms with van der Waals surface area (Å²) < 4.78 is 7.13. The third-order valence-electron chi connectivity index (χ3n) is 5.23. The Bertz CT molecular complexity index is 777. The lowest BCUT2D eigenvalue weighted by molar-refractivity contribution is -0.124. The molecule has 1 aromatic carbocycles. The number of hydrogen-bond donors (Lipinski definition) is 3. The van der Waals surface area contributed by atoms with E-state index in [1.807, 2.05) is 24.4 Å². The molecular weight excluding hydrogens is 348 g/mol. The Kier molecular flexibility index (Phi) is 5.09. The fraction of sp³-hybridized carbons (Fsp3) is 0.526. The molecule has 0 saturated heterocycles. The number of amides is 1. The molecule has 2 aliphatic carbocycles. The average Bonchev–Trinajstić information content (AvgIpc) is 3.38. The van der Waals surface area contributed by atoms with E-state index >= 15 is 0 Å². The number of para-hydroxylation sites is 1. The second-order valence-electron chi connectivity index (χ2n) is 7.39. The third-order valence-corrected chi connectivity index (χ3v) is 5.23. The van der Waals surface area contributed by atoms with Crippen molar-refractivity contribution in [3.63, 3.8) is 0 Å². The van der Waals surface area contributed by atoms with Crippen molar-refractivity contribution in [2.45, 2.75) is 50.0 Å². The predicted octanol–water partition coefficient (Wildman–Crippen LogP) is 0.461. The molecule has 2 aliphatic rings. The molecular formula is C19H24N4O4. The van der Waals surface area contributed by atoms with Gasteiger partial charge in [0.25, 0.3) is 5.91 Å². The van der Waals surface area contributed by atoms with Crippen LogP contribution in [-0.4, -0.2) is 56.0 Å². The number of aliphatic hydroxyl groups excluding tert-OH is 2. The molecule has 2 fully saturated rings. The lowest BCUT2D eigenvalue weighted by Crippen LogP contribution is -2.44. The Morgan fingerprint density at radius 1 is 1.22 bits per heavy atom. The summed E-state index contributed by atoms with van der Waals surface area (Å²) in [7, 11) is 0. The van der Waals surface area contributed by atoms with E-state index in [0.29, 0.717) is 24.6 Å². The zero-order chi connectivity index (χ0) is 18.8. The second-order valence-corrected chi connectivity index (χ2v) is 7.39. The minimum atomic E-state index is -1.01. The van der Waals surface area contributed by atoms with Gasteiger partial charge in [-0.3, -0.25) is 9.48 Å². The van der Waals surface area contributed by atoms with Crippen LogP contribution in [0.3, 0.4) is 0 Å². The first-order valence-corrected chi connectivity index (χ1v) is 9.33. The molecule has 8 heteroatoms. The number of carbonyl (C=O) groups is 1. The van der Waals surface area contributed by atoms with Gasteiger partial charge in [0.1, 0.15) is 11.9 Å². The van der Waals surface area contributed by atoms with E-state index in [9.17, 15) is 15.0 Å². The quantitative estimate of drug-likeness (QED) is 0.651. The molecule has 1 aromatic heterocycles. The van der Waals surface area contributed by atoms with Gasteiger partial charge in [0.05, 0.1) is 17.8 Å². The van der Waals surface area contributed by atoms with Crippen LogP contribution in [0.1, 0.15) is 30.9 Å². The van der Waals surface area contributed by atoms with E-state index in [1.165, 1.54) is 0 Å². The molecule has 3 N–H and O–H groups in total. The van der Waals surface area contributed by atoms with Crippen LogP contribution in [0, 0.1) is 5.92 Å². The summed E-state index contributed by atoms with van der Waals surface area (Å²) >= 11 is 0. The van der Waals surface area contributed by atoms with E-state index in [1.54, 1.807) is 16.8 Å². The Morgan fingerprint density at radius 3 is 2.74 bits per heavy atom. The maximum atomic E-state index is 12.1. The van der Waals surface area contributed by atoms with Gasteiger partial charge in [-0.15, -0.1) is 5.10 Å². The van der Waals surface area contributed by atoms with Crippen molar-refractivity contribution >= 4 is 5.91 Å². The second kappa shape index (κ2) is 7.66. The predicted molar refractivity (Wildman–Crippen MR) is 96.0 cm³/mol. The summed E-state index contributed by atoms with van der Waals surface area (Å²) in [5, 5.41) is 31.7. The Labute approximate surface area is 157 Å². The molecule has 27 heavy (non-hydrogen) atoms. The highest BCUT2D eigenvalue weighted by Gasteiger charge is 2.42. The number of nitrogens with one attached hydrogen (secondary N) is 1. The van der Waals surface area contributed by atoms with Crippen LogP contribution >= 0.6 is 0 Å². The Balaban J connectivity index is 1.28. The van der Waals surface area contributed by atoms with E-state index in [-0.39, 0.29) is 18.4 Å². The molecule has 144 valence electrons. The standard InChI is InChI=1S/C19H24N4O4/c24-17(11-27-14-4-2-1-3-5-14)20-15-8-13(18(25)19(15)26)9-23-10-16(21-22-23)12-6-7-12/h1-5,10,12-13,15,18-19,25-26H,6-9,11H2,(H,20,24)/t13-,15-,18-,19+/m1/s1. The van der Waals surface area contributed by atoms with E-state index in [2.05, 4.69) is 15.6 Å². The van der Waals surface area contributed by atoms with Gasteiger partial charge in [0, 0.05) is 24.6 Å².